The fourth-order valence-electron chi connectivity index (χ4n) is 4.28. The Morgan fingerprint density at radius 2 is 1.66 bits per heavy atom. The quantitative estimate of drug-likeness (QED) is 0.556. The van der Waals surface area contributed by atoms with Gasteiger partial charge in [-0.15, -0.1) is 0 Å². The van der Waals surface area contributed by atoms with E-state index in [4.69, 9.17) is 0 Å². The van der Waals surface area contributed by atoms with Crippen molar-refractivity contribution in [2.45, 2.75) is 6.92 Å². The van der Waals surface area contributed by atoms with E-state index < -0.39 is 7.29 Å². The van der Waals surface area contributed by atoms with Crippen molar-refractivity contribution in [1.82, 2.24) is 0 Å². The highest BCUT2D eigenvalue weighted by Gasteiger charge is 2.46. The number of hydrogen-bond donors (Lipinski definition) is 1. The molecule has 4 heteroatoms. The molecule has 0 spiro atoms. The highest BCUT2D eigenvalue weighted by molar-refractivity contribution is 7.80. The molecule has 1 unspecified atom stereocenters. The van der Waals surface area contributed by atoms with E-state index in [0.29, 0.717) is 0 Å². The van der Waals surface area contributed by atoms with E-state index >= 15 is 4.57 Å². The minimum absolute atomic E-state index is 0.820. The third-order valence-electron chi connectivity index (χ3n) is 5.49. The SMILES string of the molecule is C=C/C=C1\C(=C/C)Nc2cccc3c2N1P(=O)(c1ccccc1)c1ccccc1-3. The van der Waals surface area contributed by atoms with Crippen molar-refractivity contribution in [2.75, 3.05) is 9.99 Å². The van der Waals surface area contributed by atoms with Gasteiger partial charge in [-0.2, -0.15) is 0 Å². The second kappa shape index (κ2) is 6.65. The smallest absolute Gasteiger partial charge is 0.234 e. The van der Waals surface area contributed by atoms with Gasteiger partial charge in [0.2, 0.25) is 7.29 Å². The Bertz CT molecular complexity index is 1240. The third kappa shape index (κ3) is 2.41. The van der Waals surface area contributed by atoms with Crippen molar-refractivity contribution < 1.29 is 4.57 Å². The van der Waals surface area contributed by atoms with Gasteiger partial charge in [-0.3, -0.25) is 9.24 Å². The number of nitrogens with one attached hydrogen (secondary N) is 1. The minimum Gasteiger partial charge on any atom is -0.352 e. The number of anilines is 2. The summed E-state index contributed by atoms with van der Waals surface area (Å²) in [4.78, 5) is 0. The summed E-state index contributed by atoms with van der Waals surface area (Å²) in [5.74, 6) is 0. The highest BCUT2D eigenvalue weighted by atomic mass is 31.2. The molecule has 0 bridgehead atoms. The van der Waals surface area contributed by atoms with E-state index in [-0.39, 0.29) is 0 Å². The Morgan fingerprint density at radius 3 is 2.41 bits per heavy atom. The molecule has 1 atom stereocenters. The molecule has 2 aliphatic rings. The summed E-state index contributed by atoms with van der Waals surface area (Å²) in [6.45, 7) is 5.89. The van der Waals surface area contributed by atoms with Gasteiger partial charge in [-0.05, 0) is 42.8 Å². The molecule has 0 aromatic heterocycles. The number of rotatable bonds is 2. The first-order chi connectivity index (χ1) is 14.2. The van der Waals surface area contributed by atoms with E-state index in [1.807, 2.05) is 84.4 Å². The second-order valence-electron chi connectivity index (χ2n) is 7.06. The molecule has 0 amide bonds. The van der Waals surface area contributed by atoms with Crippen molar-refractivity contribution in [2.24, 2.45) is 0 Å². The zero-order chi connectivity index (χ0) is 20.0. The van der Waals surface area contributed by atoms with E-state index in [1.165, 1.54) is 0 Å². The van der Waals surface area contributed by atoms with Crippen LogP contribution in [0.15, 0.2) is 109 Å². The van der Waals surface area contributed by atoms with Gasteiger partial charge in [0.25, 0.3) is 0 Å². The monoisotopic (exact) mass is 396 g/mol. The van der Waals surface area contributed by atoms with Crippen molar-refractivity contribution >= 4 is 29.3 Å². The summed E-state index contributed by atoms with van der Waals surface area (Å²) in [6.07, 6.45) is 5.70. The third-order valence-corrected chi connectivity index (χ3v) is 8.51. The zero-order valence-corrected chi connectivity index (χ0v) is 17.1. The molecule has 0 radical (unpaired) electrons. The van der Waals surface area contributed by atoms with E-state index in [9.17, 15) is 0 Å². The number of benzene rings is 3. The van der Waals surface area contributed by atoms with Crippen LogP contribution in [0.5, 0.6) is 0 Å². The topological polar surface area (TPSA) is 32.3 Å². The van der Waals surface area contributed by atoms with Gasteiger partial charge in [0, 0.05) is 16.2 Å². The van der Waals surface area contributed by atoms with Crippen molar-refractivity contribution in [1.29, 1.82) is 0 Å². The average molecular weight is 396 g/mol. The van der Waals surface area contributed by atoms with Crippen LogP contribution >= 0.6 is 7.29 Å². The summed E-state index contributed by atoms with van der Waals surface area (Å²) >= 11 is 0. The first-order valence-electron chi connectivity index (χ1n) is 9.66. The lowest BCUT2D eigenvalue weighted by Gasteiger charge is -2.45. The molecule has 5 rings (SSSR count). The largest absolute Gasteiger partial charge is 0.352 e. The maximum absolute atomic E-state index is 15.1. The molecule has 2 aliphatic heterocycles. The lowest BCUT2D eigenvalue weighted by molar-refractivity contribution is 0.586. The van der Waals surface area contributed by atoms with Crippen LogP contribution in [0.1, 0.15) is 6.92 Å². The number of fused-ring (bicyclic) bond motifs is 2. The van der Waals surface area contributed by atoms with Crippen molar-refractivity contribution in [3.05, 3.63) is 109 Å². The van der Waals surface area contributed by atoms with E-state index in [0.717, 1.165) is 44.5 Å². The van der Waals surface area contributed by atoms with Crippen LogP contribution in [0.2, 0.25) is 0 Å². The molecular weight excluding hydrogens is 375 g/mol. The van der Waals surface area contributed by atoms with Crippen LogP contribution < -0.4 is 20.6 Å². The minimum atomic E-state index is -3.17. The van der Waals surface area contributed by atoms with Gasteiger partial charge in [-0.25, -0.2) is 0 Å². The summed E-state index contributed by atoms with van der Waals surface area (Å²) in [7, 11) is -3.17. The van der Waals surface area contributed by atoms with Crippen molar-refractivity contribution in [3.8, 4) is 11.1 Å². The fraction of sp³-hybridized carbons (Fsp3) is 0.0400. The van der Waals surface area contributed by atoms with Gasteiger partial charge in [0.15, 0.2) is 0 Å². The van der Waals surface area contributed by atoms with Gasteiger partial charge in [-0.1, -0.05) is 67.3 Å². The van der Waals surface area contributed by atoms with Crippen molar-refractivity contribution in [3.63, 3.8) is 0 Å². The second-order valence-corrected chi connectivity index (χ2v) is 9.61. The molecule has 2 heterocycles. The first kappa shape index (κ1) is 17.8. The lowest BCUT2D eigenvalue weighted by Crippen LogP contribution is -2.39. The Labute approximate surface area is 171 Å². The number of para-hydroxylation sites is 1. The predicted octanol–water partition coefficient (Wildman–Crippen LogP) is 5.80. The number of hydrogen-bond acceptors (Lipinski definition) is 2. The molecule has 29 heavy (non-hydrogen) atoms. The van der Waals surface area contributed by atoms with Crippen LogP contribution in [0.25, 0.3) is 11.1 Å². The van der Waals surface area contributed by atoms with Crippen LogP contribution in [-0.2, 0) is 4.57 Å². The molecule has 0 aliphatic carbocycles. The molecule has 3 aromatic rings. The summed E-state index contributed by atoms with van der Waals surface area (Å²) in [5.41, 5.74) is 5.81. The van der Waals surface area contributed by atoms with E-state index in [2.05, 4.69) is 24.0 Å². The summed E-state index contributed by atoms with van der Waals surface area (Å²) in [5, 5.41) is 5.21. The van der Waals surface area contributed by atoms with Crippen LogP contribution in [0, 0.1) is 0 Å². The number of nitrogens with zero attached hydrogens (tertiary/aromatic N) is 1. The van der Waals surface area contributed by atoms with Gasteiger partial charge in [0.05, 0.1) is 22.8 Å². The summed E-state index contributed by atoms with van der Waals surface area (Å²) < 4.78 is 17.2. The molecule has 0 fully saturated rings. The molecular formula is C25H21N2OP. The standard InChI is InChI=1S/C25H21N2OP/c1-3-11-23-21(4-2)26-22-16-10-15-20-19-14-8-9-17-24(19)29(28,27(23)25(20)22)18-12-6-5-7-13-18/h3-17,26H,1H2,2H3/b21-4+,23-11+. The Morgan fingerprint density at radius 1 is 0.931 bits per heavy atom. The molecule has 3 aromatic carbocycles. The Hall–Kier alpha value is -3.29. The zero-order valence-electron chi connectivity index (χ0n) is 16.2. The maximum Gasteiger partial charge on any atom is 0.234 e. The first-order valence-corrected chi connectivity index (χ1v) is 11.3. The van der Waals surface area contributed by atoms with Gasteiger partial charge in [0.1, 0.15) is 0 Å². The predicted molar refractivity (Wildman–Crippen MR) is 123 cm³/mol. The average Bonchev–Trinajstić information content (AvgIpc) is 2.78. The molecule has 1 N–H and O–H groups in total. The molecule has 0 saturated carbocycles. The summed E-state index contributed by atoms with van der Waals surface area (Å²) in [6, 6.07) is 24.0. The fourth-order valence-corrected chi connectivity index (χ4v) is 7.36. The van der Waals surface area contributed by atoms with Crippen LogP contribution in [0.3, 0.4) is 0 Å². The molecule has 3 nitrogen and oxygen atoms in total. The number of allylic oxidation sites excluding steroid dienone is 3. The molecule has 0 saturated heterocycles. The Kier molecular flexibility index (Phi) is 4.08. The maximum atomic E-state index is 15.1. The molecule has 142 valence electrons. The normalized spacial score (nSPS) is 22.0. The highest BCUT2D eigenvalue weighted by Crippen LogP contribution is 2.63. The Balaban J connectivity index is 1.96. The van der Waals surface area contributed by atoms with Crippen LogP contribution in [0.4, 0.5) is 11.4 Å². The van der Waals surface area contributed by atoms with Crippen LogP contribution in [-0.4, -0.2) is 0 Å². The van der Waals surface area contributed by atoms with Gasteiger partial charge >= 0.3 is 0 Å². The van der Waals surface area contributed by atoms with Gasteiger partial charge < -0.3 is 5.32 Å². The lowest BCUT2D eigenvalue weighted by atomic mass is 9.99. The van der Waals surface area contributed by atoms with E-state index in [1.54, 1.807) is 6.08 Å².